The molecule has 2 N–H and O–H groups in total. The van der Waals surface area contributed by atoms with E-state index in [4.69, 9.17) is 15.2 Å². The lowest BCUT2D eigenvalue weighted by atomic mass is 10.3. The van der Waals surface area contributed by atoms with Crippen molar-refractivity contribution in [1.82, 2.24) is 0 Å². The number of para-hydroxylation sites is 1. The summed E-state index contributed by atoms with van der Waals surface area (Å²) in [4.78, 5) is 1.12. The number of ether oxygens (including phenoxy) is 2. The van der Waals surface area contributed by atoms with E-state index in [9.17, 15) is 0 Å². The van der Waals surface area contributed by atoms with Gasteiger partial charge in [0.1, 0.15) is 11.9 Å². The van der Waals surface area contributed by atoms with Crippen LogP contribution < -0.4 is 10.5 Å². The van der Waals surface area contributed by atoms with Crippen molar-refractivity contribution in [2.45, 2.75) is 11.0 Å². The fourth-order valence-corrected chi connectivity index (χ4v) is 1.76. The second kappa shape index (κ2) is 6.71. The summed E-state index contributed by atoms with van der Waals surface area (Å²) in [5.74, 6) is 0.873. The van der Waals surface area contributed by atoms with E-state index in [1.165, 1.54) is 0 Å². The van der Waals surface area contributed by atoms with Crippen molar-refractivity contribution < 1.29 is 9.47 Å². The number of nitrogens with two attached hydrogens (primary N) is 1. The van der Waals surface area contributed by atoms with E-state index in [0.29, 0.717) is 13.2 Å². The first kappa shape index (κ1) is 12.4. The van der Waals surface area contributed by atoms with Crippen LogP contribution in [0.15, 0.2) is 29.2 Å². The van der Waals surface area contributed by atoms with Crippen LogP contribution >= 0.6 is 11.8 Å². The molecule has 0 bridgehead atoms. The Hall–Kier alpha value is -0.710. The van der Waals surface area contributed by atoms with E-state index < -0.39 is 0 Å². The SMILES string of the molecule is COCC(CN)Oc1ccccc1SC. The van der Waals surface area contributed by atoms with E-state index in [-0.39, 0.29) is 6.10 Å². The number of methoxy groups -OCH3 is 1. The van der Waals surface area contributed by atoms with Gasteiger partial charge in [0, 0.05) is 18.6 Å². The molecule has 1 unspecified atom stereocenters. The van der Waals surface area contributed by atoms with Crippen LogP contribution in [-0.4, -0.2) is 32.6 Å². The Balaban J connectivity index is 2.69. The normalized spacial score (nSPS) is 12.5. The summed E-state index contributed by atoms with van der Waals surface area (Å²) in [6.07, 6.45) is 1.94. The zero-order valence-corrected chi connectivity index (χ0v) is 9.92. The molecule has 0 saturated heterocycles. The van der Waals surface area contributed by atoms with Crippen LogP contribution in [0.25, 0.3) is 0 Å². The van der Waals surface area contributed by atoms with Gasteiger partial charge in [0.15, 0.2) is 0 Å². The summed E-state index contributed by atoms with van der Waals surface area (Å²) in [6.45, 7) is 0.968. The molecule has 84 valence electrons. The van der Waals surface area contributed by atoms with Gasteiger partial charge in [0.2, 0.25) is 0 Å². The molecule has 0 amide bonds. The smallest absolute Gasteiger partial charge is 0.134 e. The minimum absolute atomic E-state index is 0.0803. The average Bonchev–Trinajstić information content (AvgIpc) is 2.29. The molecule has 0 aliphatic heterocycles. The average molecular weight is 227 g/mol. The predicted octanol–water partition coefficient (Wildman–Crippen LogP) is 1.76. The summed E-state index contributed by atoms with van der Waals surface area (Å²) < 4.78 is 10.8. The Kier molecular flexibility index (Phi) is 5.53. The highest BCUT2D eigenvalue weighted by Crippen LogP contribution is 2.27. The highest BCUT2D eigenvalue weighted by Gasteiger charge is 2.10. The Morgan fingerprint density at radius 2 is 2.13 bits per heavy atom. The van der Waals surface area contributed by atoms with Crippen LogP contribution in [0, 0.1) is 0 Å². The number of benzene rings is 1. The standard InChI is InChI=1S/C11H17NO2S/c1-13-8-9(7-12)14-10-5-3-4-6-11(10)15-2/h3-6,9H,7-8,12H2,1-2H3. The van der Waals surface area contributed by atoms with Gasteiger partial charge in [0.05, 0.1) is 6.61 Å². The highest BCUT2D eigenvalue weighted by molar-refractivity contribution is 7.98. The third kappa shape index (κ3) is 3.74. The maximum atomic E-state index is 5.76. The molecule has 0 fully saturated rings. The lowest BCUT2D eigenvalue weighted by molar-refractivity contribution is 0.0842. The molecule has 1 atom stereocenters. The largest absolute Gasteiger partial charge is 0.486 e. The van der Waals surface area contributed by atoms with Crippen LogP contribution in [0.4, 0.5) is 0 Å². The molecule has 0 saturated carbocycles. The number of hydrogen-bond donors (Lipinski definition) is 1. The zero-order valence-electron chi connectivity index (χ0n) is 9.10. The summed E-state index contributed by atoms with van der Waals surface area (Å²) >= 11 is 1.66. The van der Waals surface area contributed by atoms with Gasteiger partial charge >= 0.3 is 0 Å². The maximum Gasteiger partial charge on any atom is 0.134 e. The van der Waals surface area contributed by atoms with Crippen molar-refractivity contribution in [2.75, 3.05) is 26.5 Å². The third-order valence-corrected chi connectivity index (χ3v) is 2.76. The van der Waals surface area contributed by atoms with Crippen molar-refractivity contribution in [2.24, 2.45) is 5.73 Å². The van der Waals surface area contributed by atoms with Gasteiger partial charge in [-0.1, -0.05) is 12.1 Å². The second-order valence-corrected chi connectivity index (χ2v) is 3.93. The zero-order chi connectivity index (χ0) is 11.1. The maximum absolute atomic E-state index is 5.76. The summed E-state index contributed by atoms with van der Waals surface area (Å²) in [6, 6.07) is 7.92. The number of thioether (sulfide) groups is 1. The van der Waals surface area contributed by atoms with Gasteiger partial charge in [-0.25, -0.2) is 0 Å². The van der Waals surface area contributed by atoms with Crippen molar-refractivity contribution >= 4 is 11.8 Å². The Morgan fingerprint density at radius 1 is 1.40 bits per heavy atom. The Labute approximate surface area is 94.9 Å². The molecule has 0 radical (unpaired) electrons. The van der Waals surface area contributed by atoms with Gasteiger partial charge in [-0.05, 0) is 18.4 Å². The van der Waals surface area contributed by atoms with E-state index in [1.54, 1.807) is 18.9 Å². The molecule has 0 heterocycles. The topological polar surface area (TPSA) is 44.5 Å². The monoisotopic (exact) mass is 227 g/mol. The summed E-state index contributed by atoms with van der Waals surface area (Å²) in [5.41, 5.74) is 5.59. The lowest BCUT2D eigenvalue weighted by Crippen LogP contribution is -2.31. The van der Waals surface area contributed by atoms with Crippen LogP contribution in [0.5, 0.6) is 5.75 Å². The number of rotatable bonds is 6. The molecular formula is C11H17NO2S. The van der Waals surface area contributed by atoms with E-state index in [2.05, 4.69) is 0 Å². The van der Waals surface area contributed by atoms with Gasteiger partial charge in [-0.2, -0.15) is 0 Å². The molecule has 0 spiro atoms. The third-order valence-electron chi connectivity index (χ3n) is 1.98. The molecule has 1 aromatic carbocycles. The summed E-state index contributed by atoms with van der Waals surface area (Å²) in [7, 11) is 1.65. The van der Waals surface area contributed by atoms with Crippen LogP contribution in [0.1, 0.15) is 0 Å². The van der Waals surface area contributed by atoms with Crippen molar-refractivity contribution in [3.63, 3.8) is 0 Å². The molecule has 0 aliphatic carbocycles. The molecule has 15 heavy (non-hydrogen) atoms. The molecule has 0 aromatic heterocycles. The lowest BCUT2D eigenvalue weighted by Gasteiger charge is -2.18. The van der Waals surface area contributed by atoms with Gasteiger partial charge in [-0.15, -0.1) is 11.8 Å². The van der Waals surface area contributed by atoms with E-state index in [0.717, 1.165) is 10.6 Å². The fourth-order valence-electron chi connectivity index (χ4n) is 1.23. The summed E-state index contributed by atoms with van der Waals surface area (Å²) in [5, 5.41) is 0. The minimum Gasteiger partial charge on any atom is -0.486 e. The first-order valence-electron chi connectivity index (χ1n) is 4.80. The van der Waals surface area contributed by atoms with E-state index >= 15 is 0 Å². The molecule has 0 aliphatic rings. The molecular weight excluding hydrogens is 210 g/mol. The predicted molar refractivity (Wildman–Crippen MR) is 63.6 cm³/mol. The minimum atomic E-state index is -0.0803. The first-order chi connectivity index (χ1) is 7.31. The Morgan fingerprint density at radius 3 is 2.73 bits per heavy atom. The molecule has 1 rings (SSSR count). The van der Waals surface area contributed by atoms with Crippen molar-refractivity contribution in [1.29, 1.82) is 0 Å². The van der Waals surface area contributed by atoms with Gasteiger partial charge < -0.3 is 15.2 Å². The van der Waals surface area contributed by atoms with Crippen LogP contribution in [0.3, 0.4) is 0 Å². The van der Waals surface area contributed by atoms with Crippen molar-refractivity contribution in [3.05, 3.63) is 24.3 Å². The fraction of sp³-hybridized carbons (Fsp3) is 0.455. The number of hydrogen-bond acceptors (Lipinski definition) is 4. The molecule has 4 heteroatoms. The van der Waals surface area contributed by atoms with Gasteiger partial charge in [-0.3, -0.25) is 0 Å². The van der Waals surface area contributed by atoms with Crippen molar-refractivity contribution in [3.8, 4) is 5.75 Å². The van der Waals surface area contributed by atoms with Crippen LogP contribution in [-0.2, 0) is 4.74 Å². The van der Waals surface area contributed by atoms with Crippen LogP contribution in [0.2, 0.25) is 0 Å². The quantitative estimate of drug-likeness (QED) is 0.752. The van der Waals surface area contributed by atoms with E-state index in [1.807, 2.05) is 30.5 Å². The van der Waals surface area contributed by atoms with Gasteiger partial charge in [0.25, 0.3) is 0 Å². The molecule has 3 nitrogen and oxygen atoms in total. The second-order valence-electron chi connectivity index (χ2n) is 3.08. The molecule has 1 aromatic rings. The first-order valence-corrected chi connectivity index (χ1v) is 6.03. The highest BCUT2D eigenvalue weighted by atomic mass is 32.2. The Bertz CT molecular complexity index is 294.